The molecule has 0 radical (unpaired) electrons. The van der Waals surface area contributed by atoms with E-state index in [0.717, 1.165) is 38.5 Å². The number of aliphatic carboxylic acids is 1. The highest BCUT2D eigenvalue weighted by atomic mass is 16.5. The van der Waals surface area contributed by atoms with Gasteiger partial charge < -0.3 is 9.84 Å². The number of fused-ring (bicyclic) bond motifs is 5. The van der Waals surface area contributed by atoms with Crippen molar-refractivity contribution in [3.8, 4) is 0 Å². The summed E-state index contributed by atoms with van der Waals surface area (Å²) < 4.78 is 5.93. The molecule has 0 spiro atoms. The van der Waals surface area contributed by atoms with E-state index in [0.29, 0.717) is 48.2 Å². The van der Waals surface area contributed by atoms with Gasteiger partial charge in [-0.2, -0.15) is 0 Å². The maximum Gasteiger partial charge on any atom is 0.306 e. The van der Waals surface area contributed by atoms with Crippen molar-refractivity contribution in [3.05, 3.63) is 11.6 Å². The third-order valence-electron chi connectivity index (χ3n) is 8.55. The summed E-state index contributed by atoms with van der Waals surface area (Å²) in [5, 5.41) is 8.77. The van der Waals surface area contributed by atoms with Gasteiger partial charge in [0.25, 0.3) is 0 Å². The summed E-state index contributed by atoms with van der Waals surface area (Å²) >= 11 is 0. The minimum absolute atomic E-state index is 0.0141. The van der Waals surface area contributed by atoms with Crippen LogP contribution in [0, 0.1) is 35.0 Å². The molecule has 0 aromatic carbocycles. The monoisotopic (exact) mass is 402 g/mol. The summed E-state index contributed by atoms with van der Waals surface area (Å²) in [6.45, 7) is 4.69. The van der Waals surface area contributed by atoms with Crippen molar-refractivity contribution in [1.29, 1.82) is 0 Å². The molecule has 3 saturated carbocycles. The Balaban J connectivity index is 1.46. The number of carboxylic acid groups (broad SMARTS) is 1. The quantitative estimate of drug-likeness (QED) is 0.683. The SMILES string of the molecule is C[C@H]1CC2(C)C(CC[C@@H]2OC(=O)CCCC(=O)O)C2CCC3=CC(=O)CCC3C21. The van der Waals surface area contributed by atoms with E-state index >= 15 is 0 Å². The maximum absolute atomic E-state index is 12.3. The van der Waals surface area contributed by atoms with Crippen LogP contribution < -0.4 is 0 Å². The van der Waals surface area contributed by atoms with Crippen molar-refractivity contribution in [2.75, 3.05) is 0 Å². The van der Waals surface area contributed by atoms with Crippen LogP contribution in [0.3, 0.4) is 0 Å². The van der Waals surface area contributed by atoms with Gasteiger partial charge in [0.15, 0.2) is 5.78 Å². The molecule has 5 nitrogen and oxygen atoms in total. The molecule has 29 heavy (non-hydrogen) atoms. The molecule has 160 valence electrons. The second-order valence-corrected chi connectivity index (χ2v) is 10.2. The highest BCUT2D eigenvalue weighted by Gasteiger charge is 2.59. The Kier molecular flexibility index (Phi) is 5.60. The Morgan fingerprint density at radius 2 is 1.97 bits per heavy atom. The topological polar surface area (TPSA) is 80.7 Å². The predicted molar refractivity (Wildman–Crippen MR) is 108 cm³/mol. The summed E-state index contributed by atoms with van der Waals surface area (Å²) in [6.07, 6.45) is 9.48. The molecule has 0 aromatic heterocycles. The normalized spacial score (nSPS) is 41.0. The van der Waals surface area contributed by atoms with Gasteiger partial charge in [0, 0.05) is 24.7 Å². The largest absolute Gasteiger partial charge is 0.481 e. The Hall–Kier alpha value is -1.65. The van der Waals surface area contributed by atoms with Gasteiger partial charge in [0.05, 0.1) is 0 Å². The average Bonchev–Trinajstić information content (AvgIpc) is 2.96. The zero-order chi connectivity index (χ0) is 20.8. The van der Waals surface area contributed by atoms with Crippen molar-refractivity contribution >= 4 is 17.7 Å². The lowest BCUT2D eigenvalue weighted by Crippen LogP contribution is -2.51. The van der Waals surface area contributed by atoms with Gasteiger partial charge in [-0.05, 0) is 80.6 Å². The molecule has 5 heteroatoms. The number of rotatable bonds is 5. The van der Waals surface area contributed by atoms with E-state index in [-0.39, 0.29) is 30.3 Å². The highest BCUT2D eigenvalue weighted by molar-refractivity contribution is 5.91. The second kappa shape index (κ2) is 7.88. The fourth-order valence-electron chi connectivity index (χ4n) is 7.52. The minimum Gasteiger partial charge on any atom is -0.481 e. The van der Waals surface area contributed by atoms with Crippen molar-refractivity contribution in [2.24, 2.45) is 35.0 Å². The molecule has 3 fully saturated rings. The predicted octanol–water partition coefficient (Wildman–Crippen LogP) is 4.54. The van der Waals surface area contributed by atoms with Gasteiger partial charge in [-0.1, -0.05) is 19.4 Å². The van der Waals surface area contributed by atoms with E-state index in [1.165, 1.54) is 5.57 Å². The first kappa shape index (κ1) is 20.6. The Morgan fingerprint density at radius 1 is 1.17 bits per heavy atom. The number of esters is 1. The molecule has 0 saturated heterocycles. The lowest BCUT2D eigenvalue weighted by molar-refractivity contribution is -0.161. The maximum atomic E-state index is 12.3. The molecule has 0 heterocycles. The van der Waals surface area contributed by atoms with Gasteiger partial charge in [0.2, 0.25) is 0 Å². The lowest BCUT2D eigenvalue weighted by atomic mass is 9.49. The first-order valence-corrected chi connectivity index (χ1v) is 11.4. The molecule has 4 aliphatic carbocycles. The Labute approximate surface area is 173 Å². The molecule has 7 atom stereocenters. The van der Waals surface area contributed by atoms with Gasteiger partial charge in [-0.25, -0.2) is 0 Å². The number of allylic oxidation sites excluding steroid dienone is 1. The summed E-state index contributed by atoms with van der Waals surface area (Å²) in [7, 11) is 0. The lowest BCUT2D eigenvalue weighted by Gasteiger charge is -2.56. The van der Waals surface area contributed by atoms with Crippen LogP contribution in [0.25, 0.3) is 0 Å². The van der Waals surface area contributed by atoms with E-state index < -0.39 is 5.97 Å². The smallest absolute Gasteiger partial charge is 0.306 e. The van der Waals surface area contributed by atoms with E-state index in [2.05, 4.69) is 13.8 Å². The molecule has 4 aliphatic rings. The van der Waals surface area contributed by atoms with Crippen molar-refractivity contribution < 1.29 is 24.2 Å². The van der Waals surface area contributed by atoms with Crippen LogP contribution in [-0.4, -0.2) is 28.9 Å². The third-order valence-corrected chi connectivity index (χ3v) is 8.55. The molecular formula is C24H34O5. The summed E-state index contributed by atoms with van der Waals surface area (Å²) in [5.74, 6) is 2.23. The third kappa shape index (κ3) is 3.77. The Bertz CT molecular complexity index is 725. The molecule has 4 rings (SSSR count). The average molecular weight is 403 g/mol. The molecule has 0 aliphatic heterocycles. The van der Waals surface area contributed by atoms with E-state index in [9.17, 15) is 14.4 Å². The van der Waals surface area contributed by atoms with Crippen LogP contribution in [0.2, 0.25) is 0 Å². The second-order valence-electron chi connectivity index (χ2n) is 10.2. The molecule has 1 N–H and O–H groups in total. The van der Waals surface area contributed by atoms with Crippen LogP contribution in [0.15, 0.2) is 11.6 Å². The van der Waals surface area contributed by atoms with Crippen molar-refractivity contribution in [3.63, 3.8) is 0 Å². The van der Waals surface area contributed by atoms with Crippen LogP contribution in [0.4, 0.5) is 0 Å². The number of ketones is 1. The van der Waals surface area contributed by atoms with E-state index in [1.807, 2.05) is 6.08 Å². The van der Waals surface area contributed by atoms with Gasteiger partial charge in [0.1, 0.15) is 6.10 Å². The summed E-state index contributed by atoms with van der Waals surface area (Å²) in [5.41, 5.74) is 1.42. The zero-order valence-corrected chi connectivity index (χ0v) is 17.7. The van der Waals surface area contributed by atoms with E-state index in [4.69, 9.17) is 9.84 Å². The van der Waals surface area contributed by atoms with Crippen molar-refractivity contribution in [2.45, 2.75) is 84.2 Å². The number of carbonyl (C=O) groups is 3. The van der Waals surface area contributed by atoms with Crippen LogP contribution >= 0.6 is 0 Å². The highest BCUT2D eigenvalue weighted by Crippen LogP contribution is 2.64. The first-order chi connectivity index (χ1) is 13.8. The number of ether oxygens (including phenoxy) is 1. The summed E-state index contributed by atoms with van der Waals surface area (Å²) in [4.78, 5) is 34.9. The minimum atomic E-state index is -0.868. The van der Waals surface area contributed by atoms with Crippen LogP contribution in [-0.2, 0) is 19.1 Å². The van der Waals surface area contributed by atoms with Gasteiger partial charge in [-0.3, -0.25) is 14.4 Å². The van der Waals surface area contributed by atoms with E-state index in [1.54, 1.807) is 0 Å². The van der Waals surface area contributed by atoms with Crippen molar-refractivity contribution in [1.82, 2.24) is 0 Å². The number of carboxylic acids is 1. The molecule has 0 aromatic rings. The van der Waals surface area contributed by atoms with Crippen LogP contribution in [0.5, 0.6) is 0 Å². The molecule has 5 unspecified atom stereocenters. The summed E-state index contributed by atoms with van der Waals surface area (Å²) in [6, 6.07) is 0. The molecule has 0 bridgehead atoms. The van der Waals surface area contributed by atoms with Gasteiger partial charge >= 0.3 is 11.9 Å². The number of hydrogen-bond donors (Lipinski definition) is 1. The standard InChI is InChI=1S/C24H34O5/c1-14-13-24(2)19(10-11-20(24)29-22(28)5-3-4-21(26)27)18-8-6-15-12-16(25)7-9-17(15)23(14)18/h12,14,17-20,23H,3-11,13H2,1-2H3,(H,26,27)/t14-,17?,18?,19?,20-,23?,24?/m0/s1. The van der Waals surface area contributed by atoms with Gasteiger partial charge in [-0.15, -0.1) is 0 Å². The molecule has 0 amide bonds. The number of hydrogen-bond acceptors (Lipinski definition) is 4. The molecular weight excluding hydrogens is 368 g/mol. The first-order valence-electron chi connectivity index (χ1n) is 11.4. The van der Waals surface area contributed by atoms with Crippen LogP contribution in [0.1, 0.15) is 78.1 Å². The Morgan fingerprint density at radius 3 is 2.72 bits per heavy atom. The fourth-order valence-corrected chi connectivity index (χ4v) is 7.52. The zero-order valence-electron chi connectivity index (χ0n) is 17.7. The number of carbonyl (C=O) groups excluding carboxylic acids is 2. The fraction of sp³-hybridized carbons (Fsp3) is 0.792.